The fourth-order valence-electron chi connectivity index (χ4n) is 0.483. The van der Waals surface area contributed by atoms with Gasteiger partial charge in [-0.15, -0.1) is 5.47 Å². The molecule has 0 unspecified atom stereocenters. The summed E-state index contributed by atoms with van der Waals surface area (Å²) in [5.41, 5.74) is 0.863. The van der Waals surface area contributed by atoms with Crippen LogP contribution in [0.4, 0.5) is 0 Å². The summed E-state index contributed by atoms with van der Waals surface area (Å²) in [7, 11) is 5.38. The highest BCUT2D eigenvalue weighted by Crippen LogP contribution is 1.90. The first-order valence-corrected chi connectivity index (χ1v) is 3.36. The highest BCUT2D eigenvalue weighted by molar-refractivity contribution is 6.21. The number of hydrogen-bond acceptors (Lipinski definition) is 0. The second-order valence-corrected chi connectivity index (χ2v) is 2.13. The van der Waals surface area contributed by atoms with Crippen LogP contribution >= 0.6 is 0 Å². The molecule has 0 nitrogen and oxygen atoms in total. The van der Waals surface area contributed by atoms with E-state index in [2.05, 4.69) is 13.0 Å². The van der Waals surface area contributed by atoms with Gasteiger partial charge in [0.2, 0.25) is 0 Å². The maximum Gasteiger partial charge on any atom is 0.107 e. The number of rotatable bonds is 3. The molecule has 0 amide bonds. The maximum atomic E-state index is 5.38. The third kappa shape index (κ3) is 7.54. The first-order valence-electron chi connectivity index (χ1n) is 3.36. The Labute approximate surface area is 59.1 Å². The summed E-state index contributed by atoms with van der Waals surface area (Å²) in [5.74, 6) is 0. The minimum atomic E-state index is 0.863. The summed E-state index contributed by atoms with van der Waals surface area (Å²) < 4.78 is 0. The number of unbranched alkanes of at least 4 members (excludes halogenated alkanes) is 1. The first-order chi connectivity index (χ1) is 4.27. The minimum absolute atomic E-state index is 0.863. The largest absolute Gasteiger partial charge is 0.121 e. The smallest absolute Gasteiger partial charge is 0.107 e. The lowest BCUT2D eigenvalue weighted by atomic mass is 9.98. The van der Waals surface area contributed by atoms with Gasteiger partial charge >= 0.3 is 0 Å². The van der Waals surface area contributed by atoms with E-state index >= 15 is 0 Å². The summed E-state index contributed by atoms with van der Waals surface area (Å²) in [6, 6.07) is 0. The molecule has 0 aliphatic heterocycles. The normalized spacial score (nSPS) is 12.9. The number of allylic oxidation sites excluding steroid dienone is 4. The van der Waals surface area contributed by atoms with Crippen molar-refractivity contribution in [3.8, 4) is 0 Å². The van der Waals surface area contributed by atoms with Gasteiger partial charge in [0.15, 0.2) is 0 Å². The molecule has 0 rings (SSSR count). The van der Waals surface area contributed by atoms with Gasteiger partial charge in [-0.3, -0.25) is 0 Å². The van der Waals surface area contributed by atoms with Crippen LogP contribution in [-0.4, -0.2) is 7.85 Å². The third-order valence-corrected chi connectivity index (χ3v) is 0.951. The Bertz CT molecular complexity index is 108. The molecule has 0 atom stereocenters. The van der Waals surface area contributed by atoms with Crippen LogP contribution in [0.5, 0.6) is 0 Å². The Morgan fingerprint density at radius 2 is 2.22 bits per heavy atom. The average Bonchev–Trinajstić information content (AvgIpc) is 1.80. The van der Waals surface area contributed by atoms with Gasteiger partial charge < -0.3 is 0 Å². The Morgan fingerprint density at radius 3 is 2.67 bits per heavy atom. The van der Waals surface area contributed by atoms with Crippen molar-refractivity contribution < 1.29 is 0 Å². The van der Waals surface area contributed by atoms with E-state index in [4.69, 9.17) is 7.85 Å². The van der Waals surface area contributed by atoms with Crippen molar-refractivity contribution in [3.63, 3.8) is 0 Å². The van der Waals surface area contributed by atoms with E-state index in [1.807, 2.05) is 19.1 Å². The third-order valence-electron chi connectivity index (χ3n) is 0.951. The van der Waals surface area contributed by atoms with Gasteiger partial charge in [0, 0.05) is 0 Å². The summed E-state index contributed by atoms with van der Waals surface area (Å²) in [4.78, 5) is 0. The second kappa shape index (κ2) is 5.68. The molecule has 48 valence electrons. The van der Waals surface area contributed by atoms with Crippen molar-refractivity contribution in [2.45, 2.75) is 26.7 Å². The van der Waals surface area contributed by atoms with E-state index < -0.39 is 0 Å². The van der Waals surface area contributed by atoms with Crippen LogP contribution in [0.2, 0.25) is 0 Å². The molecule has 0 saturated heterocycles. The molecule has 2 radical (unpaired) electrons. The molecule has 0 spiro atoms. The van der Waals surface area contributed by atoms with Crippen molar-refractivity contribution in [2.75, 3.05) is 0 Å². The average molecular weight is 120 g/mol. The van der Waals surface area contributed by atoms with Crippen LogP contribution in [0.25, 0.3) is 0 Å². The molecule has 0 saturated carbocycles. The summed E-state index contributed by atoms with van der Waals surface area (Å²) in [6.45, 7) is 4.04. The van der Waals surface area contributed by atoms with E-state index in [0.29, 0.717) is 0 Å². The predicted octanol–water partition coefficient (Wildman–Crippen LogP) is 2.42. The fourth-order valence-corrected chi connectivity index (χ4v) is 0.483. The molecule has 0 fully saturated rings. The van der Waals surface area contributed by atoms with Crippen molar-refractivity contribution in [1.82, 2.24) is 0 Å². The Hall–Kier alpha value is -0.455. The maximum absolute atomic E-state index is 5.38. The van der Waals surface area contributed by atoms with Crippen LogP contribution in [-0.2, 0) is 0 Å². The van der Waals surface area contributed by atoms with E-state index in [0.717, 1.165) is 11.9 Å². The standard InChI is InChI=1S/C8H13B/c1-3-4-5-6-7-8(2)9/h5-7H,3-4H2,1-2H3. The van der Waals surface area contributed by atoms with E-state index in [9.17, 15) is 0 Å². The van der Waals surface area contributed by atoms with Crippen molar-refractivity contribution in [1.29, 1.82) is 0 Å². The molecular formula is C8H13B. The van der Waals surface area contributed by atoms with Crippen molar-refractivity contribution in [2.24, 2.45) is 0 Å². The molecule has 0 aromatic carbocycles. The highest BCUT2D eigenvalue weighted by atomic mass is 13.8. The van der Waals surface area contributed by atoms with Gasteiger partial charge in [0.05, 0.1) is 0 Å². The van der Waals surface area contributed by atoms with Crippen LogP contribution in [0.3, 0.4) is 0 Å². The van der Waals surface area contributed by atoms with Crippen LogP contribution < -0.4 is 0 Å². The summed E-state index contributed by atoms with van der Waals surface area (Å²) in [6.07, 6.45) is 8.38. The highest BCUT2D eigenvalue weighted by Gasteiger charge is 1.71. The van der Waals surface area contributed by atoms with Gasteiger partial charge in [-0.2, -0.15) is 0 Å². The van der Waals surface area contributed by atoms with Gasteiger partial charge in [-0.1, -0.05) is 38.5 Å². The van der Waals surface area contributed by atoms with Crippen LogP contribution in [0, 0.1) is 0 Å². The Balaban J connectivity index is 3.35. The zero-order valence-corrected chi connectivity index (χ0v) is 6.22. The lowest BCUT2D eigenvalue weighted by Crippen LogP contribution is -1.67. The second-order valence-electron chi connectivity index (χ2n) is 2.13. The zero-order valence-electron chi connectivity index (χ0n) is 6.22. The monoisotopic (exact) mass is 120 g/mol. The SMILES string of the molecule is [B]C(C)=CC=CCCC. The van der Waals surface area contributed by atoms with Crippen molar-refractivity contribution >= 4 is 7.85 Å². The summed E-state index contributed by atoms with van der Waals surface area (Å²) >= 11 is 0. The number of hydrogen-bond donors (Lipinski definition) is 0. The van der Waals surface area contributed by atoms with Crippen molar-refractivity contribution in [3.05, 3.63) is 23.7 Å². The fraction of sp³-hybridized carbons (Fsp3) is 0.500. The summed E-state index contributed by atoms with van der Waals surface area (Å²) in [5, 5.41) is 0. The molecule has 0 N–H and O–H groups in total. The van der Waals surface area contributed by atoms with Gasteiger partial charge in [0.25, 0.3) is 0 Å². The molecule has 1 heteroatoms. The molecule has 0 aromatic rings. The molecule has 0 bridgehead atoms. The Morgan fingerprint density at radius 1 is 1.56 bits per heavy atom. The molecule has 0 aliphatic rings. The zero-order chi connectivity index (χ0) is 7.11. The van der Waals surface area contributed by atoms with Gasteiger partial charge in [-0.25, -0.2) is 0 Å². The van der Waals surface area contributed by atoms with Gasteiger partial charge in [-0.05, 0) is 6.42 Å². The van der Waals surface area contributed by atoms with E-state index in [-0.39, 0.29) is 0 Å². The molecule has 9 heavy (non-hydrogen) atoms. The first kappa shape index (κ1) is 8.54. The topological polar surface area (TPSA) is 0 Å². The van der Waals surface area contributed by atoms with E-state index in [1.54, 1.807) is 0 Å². The minimum Gasteiger partial charge on any atom is -0.121 e. The van der Waals surface area contributed by atoms with E-state index in [1.165, 1.54) is 6.42 Å². The molecule has 0 aromatic heterocycles. The lowest BCUT2D eigenvalue weighted by Gasteiger charge is -1.83. The lowest BCUT2D eigenvalue weighted by molar-refractivity contribution is 0.959. The molecule has 0 heterocycles. The van der Waals surface area contributed by atoms with Gasteiger partial charge in [0.1, 0.15) is 7.85 Å². The Kier molecular flexibility index (Phi) is 5.39. The van der Waals surface area contributed by atoms with Crippen LogP contribution in [0.1, 0.15) is 26.7 Å². The predicted molar refractivity (Wildman–Crippen MR) is 43.6 cm³/mol. The quantitative estimate of drug-likeness (QED) is 0.396. The molecule has 0 aliphatic carbocycles. The molecular weight excluding hydrogens is 107 g/mol. The van der Waals surface area contributed by atoms with Crippen LogP contribution in [0.15, 0.2) is 23.7 Å².